The second-order valence-electron chi connectivity index (χ2n) is 4.38. The van der Waals surface area contributed by atoms with E-state index in [0.29, 0.717) is 23.7 Å². The van der Waals surface area contributed by atoms with Gasteiger partial charge >= 0.3 is 0 Å². The number of carbonyl (C=O) groups excluding carboxylic acids is 1. The standard InChI is InChI=1S/C14H21ClN2O2.ClH/c1-4-12(14(18)17-9-10(2)16-3)19-13-8-6-5-7-11(13)15;/h5-8,10,12,16H,4,9H2,1-3H3,(H,17,18);1H. The molecule has 0 aliphatic carbocycles. The largest absolute Gasteiger partial charge is 0.479 e. The molecule has 2 unspecified atom stereocenters. The molecule has 0 aliphatic rings. The molecule has 1 amide bonds. The second-order valence-corrected chi connectivity index (χ2v) is 4.79. The number of halogens is 2. The Kier molecular flexibility index (Phi) is 9.38. The number of benzene rings is 1. The summed E-state index contributed by atoms with van der Waals surface area (Å²) in [5.74, 6) is 0.414. The fourth-order valence-corrected chi connectivity index (χ4v) is 1.67. The van der Waals surface area contributed by atoms with E-state index < -0.39 is 6.10 Å². The lowest BCUT2D eigenvalue weighted by molar-refractivity contribution is -0.128. The van der Waals surface area contributed by atoms with Crippen LogP contribution in [0.3, 0.4) is 0 Å². The molecule has 0 bridgehead atoms. The van der Waals surface area contributed by atoms with Crippen molar-refractivity contribution in [3.8, 4) is 5.75 Å². The number of hydrogen-bond acceptors (Lipinski definition) is 3. The Balaban J connectivity index is 0.00000361. The molecule has 1 aromatic carbocycles. The molecule has 2 N–H and O–H groups in total. The van der Waals surface area contributed by atoms with E-state index in [1.807, 2.05) is 33.0 Å². The summed E-state index contributed by atoms with van der Waals surface area (Å²) in [4.78, 5) is 12.0. The van der Waals surface area contributed by atoms with Crippen LogP contribution in [0.15, 0.2) is 24.3 Å². The highest BCUT2D eigenvalue weighted by Crippen LogP contribution is 2.24. The van der Waals surface area contributed by atoms with Gasteiger partial charge in [0.15, 0.2) is 6.10 Å². The molecule has 0 saturated heterocycles. The lowest BCUT2D eigenvalue weighted by Gasteiger charge is -2.19. The summed E-state index contributed by atoms with van der Waals surface area (Å²) >= 11 is 6.01. The van der Waals surface area contributed by atoms with E-state index in [1.165, 1.54) is 0 Å². The maximum atomic E-state index is 12.0. The Morgan fingerprint density at radius 2 is 2.05 bits per heavy atom. The molecule has 2 atom stereocenters. The molecular weight excluding hydrogens is 299 g/mol. The number of hydrogen-bond donors (Lipinski definition) is 2. The predicted molar refractivity (Wildman–Crippen MR) is 84.9 cm³/mol. The summed E-state index contributed by atoms with van der Waals surface area (Å²) in [6, 6.07) is 7.38. The third kappa shape index (κ3) is 5.99. The minimum Gasteiger partial charge on any atom is -0.479 e. The molecular formula is C14H22Cl2N2O2. The van der Waals surface area contributed by atoms with Crippen molar-refractivity contribution in [1.29, 1.82) is 0 Å². The zero-order valence-corrected chi connectivity index (χ0v) is 13.6. The van der Waals surface area contributed by atoms with Crippen LogP contribution in [-0.4, -0.2) is 31.6 Å². The van der Waals surface area contributed by atoms with E-state index in [-0.39, 0.29) is 24.4 Å². The Bertz CT molecular complexity index is 416. The molecule has 0 aliphatic heterocycles. The topological polar surface area (TPSA) is 50.4 Å². The van der Waals surface area contributed by atoms with Gasteiger partial charge in [0, 0.05) is 12.6 Å². The smallest absolute Gasteiger partial charge is 0.261 e. The predicted octanol–water partition coefficient (Wildman–Crippen LogP) is 2.64. The maximum Gasteiger partial charge on any atom is 0.261 e. The number of amides is 1. The van der Waals surface area contributed by atoms with Crippen LogP contribution < -0.4 is 15.4 Å². The number of rotatable bonds is 7. The molecule has 0 saturated carbocycles. The van der Waals surface area contributed by atoms with Gasteiger partial charge in [-0.15, -0.1) is 12.4 Å². The minimum atomic E-state index is -0.524. The van der Waals surface area contributed by atoms with Crippen molar-refractivity contribution in [1.82, 2.24) is 10.6 Å². The third-order valence-corrected chi connectivity index (χ3v) is 3.16. The number of likely N-dealkylation sites (N-methyl/N-ethyl adjacent to an activating group) is 1. The van der Waals surface area contributed by atoms with Crippen molar-refractivity contribution in [2.75, 3.05) is 13.6 Å². The highest BCUT2D eigenvalue weighted by Gasteiger charge is 2.19. The van der Waals surface area contributed by atoms with E-state index in [1.54, 1.807) is 12.1 Å². The molecule has 0 fully saturated rings. The highest BCUT2D eigenvalue weighted by molar-refractivity contribution is 6.32. The zero-order chi connectivity index (χ0) is 14.3. The molecule has 1 aromatic rings. The first-order chi connectivity index (χ1) is 9.08. The Hall–Kier alpha value is -0.970. The van der Waals surface area contributed by atoms with Crippen LogP contribution in [0.1, 0.15) is 20.3 Å². The van der Waals surface area contributed by atoms with Crippen molar-refractivity contribution in [3.63, 3.8) is 0 Å². The van der Waals surface area contributed by atoms with Gasteiger partial charge in [-0.2, -0.15) is 0 Å². The van der Waals surface area contributed by atoms with Gasteiger partial charge < -0.3 is 15.4 Å². The molecule has 0 aromatic heterocycles. The van der Waals surface area contributed by atoms with Crippen LogP contribution in [0.2, 0.25) is 5.02 Å². The van der Waals surface area contributed by atoms with Gasteiger partial charge in [0.25, 0.3) is 5.91 Å². The second kappa shape index (κ2) is 9.86. The Morgan fingerprint density at radius 1 is 1.40 bits per heavy atom. The monoisotopic (exact) mass is 320 g/mol. The van der Waals surface area contributed by atoms with Crippen molar-refractivity contribution in [2.24, 2.45) is 0 Å². The van der Waals surface area contributed by atoms with Crippen molar-refractivity contribution in [3.05, 3.63) is 29.3 Å². The lowest BCUT2D eigenvalue weighted by Crippen LogP contribution is -2.43. The summed E-state index contributed by atoms with van der Waals surface area (Å²) in [7, 11) is 1.86. The van der Waals surface area contributed by atoms with E-state index in [0.717, 1.165) is 0 Å². The van der Waals surface area contributed by atoms with Gasteiger partial charge in [-0.25, -0.2) is 0 Å². The first kappa shape index (κ1) is 19.0. The SMILES string of the molecule is CCC(Oc1ccccc1Cl)C(=O)NCC(C)NC.Cl. The average molecular weight is 321 g/mol. The molecule has 20 heavy (non-hydrogen) atoms. The molecule has 0 heterocycles. The van der Waals surface area contributed by atoms with Crippen molar-refractivity contribution >= 4 is 29.9 Å². The molecule has 0 radical (unpaired) electrons. The van der Waals surface area contributed by atoms with E-state index >= 15 is 0 Å². The first-order valence-corrected chi connectivity index (χ1v) is 6.82. The van der Waals surface area contributed by atoms with E-state index in [4.69, 9.17) is 16.3 Å². The van der Waals surface area contributed by atoms with E-state index in [2.05, 4.69) is 10.6 Å². The van der Waals surface area contributed by atoms with Crippen LogP contribution in [0.25, 0.3) is 0 Å². The van der Waals surface area contributed by atoms with Crippen LogP contribution in [0.4, 0.5) is 0 Å². The molecule has 0 spiro atoms. The summed E-state index contributed by atoms with van der Waals surface area (Å²) in [5, 5.41) is 6.43. The summed E-state index contributed by atoms with van der Waals surface area (Å²) in [6.45, 7) is 4.47. The maximum absolute atomic E-state index is 12.0. The molecule has 4 nitrogen and oxygen atoms in total. The normalized spacial score (nSPS) is 13.0. The molecule has 1 rings (SSSR count). The average Bonchev–Trinajstić information content (AvgIpc) is 2.43. The van der Waals surface area contributed by atoms with Crippen LogP contribution in [0.5, 0.6) is 5.75 Å². The van der Waals surface area contributed by atoms with Crippen LogP contribution in [0, 0.1) is 0 Å². The minimum absolute atomic E-state index is 0. The zero-order valence-electron chi connectivity index (χ0n) is 12.0. The van der Waals surface area contributed by atoms with E-state index in [9.17, 15) is 4.79 Å². The highest BCUT2D eigenvalue weighted by atomic mass is 35.5. The number of nitrogens with one attached hydrogen (secondary N) is 2. The van der Waals surface area contributed by atoms with Crippen LogP contribution in [-0.2, 0) is 4.79 Å². The number of carbonyl (C=O) groups is 1. The van der Waals surface area contributed by atoms with Gasteiger partial charge in [-0.3, -0.25) is 4.79 Å². The van der Waals surface area contributed by atoms with Gasteiger partial charge in [-0.1, -0.05) is 30.7 Å². The van der Waals surface area contributed by atoms with Crippen LogP contribution >= 0.6 is 24.0 Å². The van der Waals surface area contributed by atoms with Crippen molar-refractivity contribution in [2.45, 2.75) is 32.4 Å². The molecule has 114 valence electrons. The molecule has 6 heteroatoms. The van der Waals surface area contributed by atoms with Gasteiger partial charge in [-0.05, 0) is 32.5 Å². The van der Waals surface area contributed by atoms with Gasteiger partial charge in [0.1, 0.15) is 5.75 Å². The third-order valence-electron chi connectivity index (χ3n) is 2.84. The fourth-order valence-electron chi connectivity index (χ4n) is 1.49. The fraction of sp³-hybridized carbons (Fsp3) is 0.500. The first-order valence-electron chi connectivity index (χ1n) is 6.44. The quantitative estimate of drug-likeness (QED) is 0.812. The summed E-state index contributed by atoms with van der Waals surface area (Å²) < 4.78 is 5.66. The summed E-state index contributed by atoms with van der Waals surface area (Å²) in [5.41, 5.74) is 0. The van der Waals surface area contributed by atoms with Gasteiger partial charge in [0.05, 0.1) is 5.02 Å². The summed E-state index contributed by atoms with van der Waals surface area (Å²) in [6.07, 6.45) is 0.0642. The van der Waals surface area contributed by atoms with Crippen molar-refractivity contribution < 1.29 is 9.53 Å². The van der Waals surface area contributed by atoms with Gasteiger partial charge in [0.2, 0.25) is 0 Å². The number of para-hydroxylation sites is 1. The lowest BCUT2D eigenvalue weighted by atomic mass is 10.2. The Morgan fingerprint density at radius 3 is 2.60 bits per heavy atom. The number of ether oxygens (including phenoxy) is 1. The Labute approximate surface area is 131 Å².